The number of esters is 1. The second-order valence-electron chi connectivity index (χ2n) is 11.3. The van der Waals surface area contributed by atoms with E-state index in [1.165, 1.54) is 7.11 Å². The summed E-state index contributed by atoms with van der Waals surface area (Å²) in [4.78, 5) is 32.3. The van der Waals surface area contributed by atoms with Crippen LogP contribution in [0.5, 0.6) is 0 Å². The number of alkyl halides is 2. The fourth-order valence-electron chi connectivity index (χ4n) is 7.36. The first-order chi connectivity index (χ1) is 17.8. The van der Waals surface area contributed by atoms with Gasteiger partial charge in [-0.2, -0.15) is 8.78 Å². The van der Waals surface area contributed by atoms with Crippen LogP contribution < -0.4 is 10.2 Å². The summed E-state index contributed by atoms with van der Waals surface area (Å²) in [5, 5.41) is 4.01. The van der Waals surface area contributed by atoms with E-state index in [2.05, 4.69) is 17.1 Å². The summed E-state index contributed by atoms with van der Waals surface area (Å²) in [5.41, 5.74) is -0.154. The fourth-order valence-corrected chi connectivity index (χ4v) is 8.23. The number of rotatable bonds is 10. The lowest BCUT2D eigenvalue weighted by Crippen LogP contribution is -2.62. The third-order valence-corrected chi connectivity index (χ3v) is 9.88. The van der Waals surface area contributed by atoms with Gasteiger partial charge >= 0.3 is 12.6 Å². The van der Waals surface area contributed by atoms with E-state index < -0.39 is 12.2 Å². The largest absolute Gasteiger partial charge is 0.469 e. The minimum atomic E-state index is -2.75. The van der Waals surface area contributed by atoms with Gasteiger partial charge in [-0.25, -0.2) is 4.98 Å². The summed E-state index contributed by atoms with van der Waals surface area (Å²) in [5.74, 6) is 2.33. The zero-order valence-corrected chi connectivity index (χ0v) is 22.4. The number of nitrogens with one attached hydrogen (secondary N) is 1. The number of hydrogen-bond donors (Lipinski definition) is 1. The van der Waals surface area contributed by atoms with Crippen LogP contribution in [0.2, 0.25) is 0 Å². The summed E-state index contributed by atoms with van der Waals surface area (Å²) in [6.45, 7) is 0.895. The first-order valence-corrected chi connectivity index (χ1v) is 14.5. The molecule has 0 spiro atoms. The monoisotopic (exact) mass is 537 g/mol. The highest BCUT2D eigenvalue weighted by atomic mass is 32.2. The number of hydrogen-bond acceptors (Lipinski definition) is 7. The number of halogens is 2. The van der Waals surface area contributed by atoms with Gasteiger partial charge in [0.15, 0.2) is 0 Å². The van der Waals surface area contributed by atoms with Gasteiger partial charge < -0.3 is 19.7 Å². The number of nitrogens with zero attached hydrogens (tertiary/aromatic N) is 2. The smallest absolute Gasteiger partial charge is 0.345 e. The molecule has 1 aliphatic heterocycles. The molecule has 1 amide bonds. The highest BCUT2D eigenvalue weighted by Gasteiger charge is 2.57. The Labute approximate surface area is 221 Å². The van der Waals surface area contributed by atoms with Crippen molar-refractivity contribution in [3.63, 3.8) is 0 Å². The van der Waals surface area contributed by atoms with Crippen LogP contribution in [0, 0.1) is 23.7 Å². The van der Waals surface area contributed by atoms with Gasteiger partial charge in [-0.05, 0) is 86.5 Å². The SMILES string of the molecule is CCCSc1nc(N2CC[C@@H](CC(=O)OC)C2)ccc1C(=O)NC1[C@H]2CC3C[C@H]1CC(OC(F)F)(C3)C2. The molecule has 1 aromatic heterocycles. The Morgan fingerprint density at radius 3 is 2.68 bits per heavy atom. The fraction of sp³-hybridized carbons (Fsp3) is 0.741. The van der Waals surface area contributed by atoms with E-state index >= 15 is 0 Å². The predicted molar refractivity (Wildman–Crippen MR) is 137 cm³/mol. The van der Waals surface area contributed by atoms with Gasteiger partial charge in [-0.15, -0.1) is 11.8 Å². The Hall–Kier alpha value is -1.94. The molecule has 5 fully saturated rings. The van der Waals surface area contributed by atoms with E-state index in [1.54, 1.807) is 11.8 Å². The van der Waals surface area contributed by atoms with Crippen molar-refractivity contribution < 1.29 is 27.8 Å². The van der Waals surface area contributed by atoms with Crippen LogP contribution in [0.15, 0.2) is 17.2 Å². The molecule has 0 radical (unpaired) electrons. The third-order valence-electron chi connectivity index (χ3n) is 8.68. The molecule has 4 bridgehead atoms. The highest BCUT2D eigenvalue weighted by Crippen LogP contribution is 2.57. The van der Waals surface area contributed by atoms with Crippen molar-refractivity contribution in [1.29, 1.82) is 0 Å². The molecule has 204 valence electrons. The standard InChI is InChI=1S/C27H37F2N3O4S/c1-3-8-37-25-20(4-5-21(30-25)32-7-6-16(15-32)11-22(33)35-2)24(34)31-23-18-9-17-10-19(23)14-27(12-17,13-18)36-26(28)29/h4-5,16-19,23,26H,3,6-15H2,1-2H3,(H,31,34)/t16-,17?,18-,19-,23?,27?/m0/s1. The zero-order valence-electron chi connectivity index (χ0n) is 21.6. The maximum Gasteiger partial charge on any atom is 0.345 e. The number of pyridine rings is 1. The van der Waals surface area contributed by atoms with E-state index in [-0.39, 0.29) is 35.7 Å². The molecule has 10 heteroatoms. The number of methoxy groups -OCH3 is 1. The van der Waals surface area contributed by atoms with Gasteiger partial charge in [-0.1, -0.05) is 6.92 Å². The number of carbonyl (C=O) groups excluding carboxylic acids is 2. The summed E-state index contributed by atoms with van der Waals surface area (Å²) < 4.78 is 36.2. The predicted octanol–water partition coefficient (Wildman–Crippen LogP) is 4.89. The number of aromatic nitrogens is 1. The maximum absolute atomic E-state index is 13.5. The van der Waals surface area contributed by atoms with Crippen molar-refractivity contribution in [3.05, 3.63) is 17.7 Å². The quantitative estimate of drug-likeness (QED) is 0.336. The lowest BCUT2D eigenvalue weighted by atomic mass is 9.52. The Bertz CT molecular complexity index is 992. The van der Waals surface area contributed by atoms with Crippen LogP contribution in [0.3, 0.4) is 0 Å². The molecule has 1 aromatic rings. The minimum absolute atomic E-state index is 0.0141. The summed E-state index contributed by atoms with van der Waals surface area (Å²) >= 11 is 1.58. The Kier molecular flexibility index (Phi) is 7.96. The topological polar surface area (TPSA) is 80.8 Å². The molecular formula is C27H37F2N3O4S. The molecule has 4 aliphatic carbocycles. The van der Waals surface area contributed by atoms with Gasteiger partial charge in [0.05, 0.1) is 24.7 Å². The van der Waals surface area contributed by atoms with E-state index in [0.29, 0.717) is 37.2 Å². The van der Waals surface area contributed by atoms with Crippen LogP contribution in [-0.2, 0) is 14.3 Å². The number of thioether (sulfide) groups is 1. The Morgan fingerprint density at radius 1 is 1.24 bits per heavy atom. The first-order valence-electron chi connectivity index (χ1n) is 13.5. The normalized spacial score (nSPS) is 32.2. The van der Waals surface area contributed by atoms with Gasteiger partial charge in [-0.3, -0.25) is 9.59 Å². The summed E-state index contributed by atoms with van der Waals surface area (Å²) in [6, 6.07) is 3.74. The number of anilines is 1. The molecule has 7 nitrogen and oxygen atoms in total. The molecule has 4 saturated carbocycles. The number of carbonyl (C=O) groups is 2. The summed E-state index contributed by atoms with van der Waals surface area (Å²) in [7, 11) is 1.41. The Morgan fingerprint density at radius 2 is 2.00 bits per heavy atom. The minimum Gasteiger partial charge on any atom is -0.469 e. The molecule has 2 heterocycles. The molecule has 1 saturated heterocycles. The van der Waals surface area contributed by atoms with Crippen molar-refractivity contribution >= 4 is 29.5 Å². The van der Waals surface area contributed by atoms with Gasteiger partial charge in [0, 0.05) is 19.1 Å². The van der Waals surface area contributed by atoms with Crippen molar-refractivity contribution in [3.8, 4) is 0 Å². The first kappa shape index (κ1) is 26.7. The van der Waals surface area contributed by atoms with Gasteiger partial charge in [0.1, 0.15) is 10.8 Å². The van der Waals surface area contributed by atoms with Crippen molar-refractivity contribution in [2.24, 2.45) is 23.7 Å². The third kappa shape index (κ3) is 5.75. The van der Waals surface area contributed by atoms with E-state index in [0.717, 1.165) is 55.4 Å². The highest BCUT2D eigenvalue weighted by molar-refractivity contribution is 7.99. The molecular weight excluding hydrogens is 500 g/mol. The Balaban J connectivity index is 1.28. The molecule has 1 N–H and O–H groups in total. The summed E-state index contributed by atoms with van der Waals surface area (Å²) in [6.07, 6.45) is 6.08. The molecule has 0 unspecified atom stereocenters. The van der Waals surface area contributed by atoms with Crippen molar-refractivity contribution in [1.82, 2.24) is 10.3 Å². The number of amides is 1. The molecule has 6 rings (SSSR count). The second kappa shape index (κ2) is 11.0. The average Bonchev–Trinajstić information content (AvgIpc) is 3.31. The number of ether oxygens (including phenoxy) is 2. The van der Waals surface area contributed by atoms with Crippen LogP contribution >= 0.6 is 11.8 Å². The van der Waals surface area contributed by atoms with Gasteiger partial charge in [0.2, 0.25) is 0 Å². The van der Waals surface area contributed by atoms with Crippen LogP contribution in [0.1, 0.15) is 68.6 Å². The van der Waals surface area contributed by atoms with E-state index in [9.17, 15) is 18.4 Å². The van der Waals surface area contributed by atoms with Crippen molar-refractivity contribution in [2.75, 3.05) is 30.9 Å². The molecule has 5 aliphatic rings. The zero-order chi connectivity index (χ0) is 26.2. The van der Waals surface area contributed by atoms with Crippen LogP contribution in [0.25, 0.3) is 0 Å². The van der Waals surface area contributed by atoms with Crippen LogP contribution in [-0.4, -0.2) is 61.1 Å². The lowest BCUT2D eigenvalue weighted by molar-refractivity contribution is -0.260. The van der Waals surface area contributed by atoms with E-state index in [4.69, 9.17) is 14.5 Å². The lowest BCUT2D eigenvalue weighted by Gasteiger charge is -2.59. The average molecular weight is 538 g/mol. The van der Waals surface area contributed by atoms with Gasteiger partial charge in [0.25, 0.3) is 5.91 Å². The van der Waals surface area contributed by atoms with Crippen LogP contribution in [0.4, 0.5) is 14.6 Å². The molecule has 37 heavy (non-hydrogen) atoms. The molecule has 0 aromatic carbocycles. The maximum atomic E-state index is 13.5. The molecule has 3 atom stereocenters. The van der Waals surface area contributed by atoms with Crippen molar-refractivity contribution in [2.45, 2.75) is 81.6 Å². The van der Waals surface area contributed by atoms with E-state index in [1.807, 2.05) is 12.1 Å². The second-order valence-corrected chi connectivity index (χ2v) is 12.4.